The van der Waals surface area contributed by atoms with Crippen molar-refractivity contribution in [1.29, 1.82) is 0 Å². The molecule has 0 spiro atoms. The number of benzene rings is 1. The summed E-state index contributed by atoms with van der Waals surface area (Å²) in [7, 11) is 0. The maximum atomic E-state index is 13.7. The van der Waals surface area contributed by atoms with Crippen molar-refractivity contribution in [3.05, 3.63) is 33.8 Å². The number of aromatic hydroxyl groups is 1. The van der Waals surface area contributed by atoms with Crippen molar-refractivity contribution in [1.82, 2.24) is 15.4 Å². The highest BCUT2D eigenvalue weighted by atomic mass is 19.1. The van der Waals surface area contributed by atoms with Gasteiger partial charge in [0.05, 0.1) is 10.5 Å². The van der Waals surface area contributed by atoms with Crippen LogP contribution in [0.2, 0.25) is 0 Å². The predicted octanol–water partition coefficient (Wildman–Crippen LogP) is 0.323. The number of aromatic amines is 1. The summed E-state index contributed by atoms with van der Waals surface area (Å²) in [5.41, 5.74) is 2.82. The van der Waals surface area contributed by atoms with E-state index >= 15 is 0 Å². The van der Waals surface area contributed by atoms with Gasteiger partial charge < -0.3 is 10.8 Å². The summed E-state index contributed by atoms with van der Waals surface area (Å²) >= 11 is 0. The molecule has 0 bridgehead atoms. The molecule has 2 rings (SSSR count). The standard InChI is InChI=1S/C9H6FN5O4/c10-3-1-2-4(15(18)19)8(16)5(3)6-7(9(11)17)13-14-12-6/h1-2,16H,(H2,11,17)(H,12,13,14). The molecule has 2 aromatic rings. The summed E-state index contributed by atoms with van der Waals surface area (Å²) < 4.78 is 13.7. The minimum atomic E-state index is -1.02. The van der Waals surface area contributed by atoms with Gasteiger partial charge >= 0.3 is 5.69 Å². The fourth-order valence-corrected chi connectivity index (χ4v) is 1.51. The molecule has 1 aromatic carbocycles. The molecule has 19 heavy (non-hydrogen) atoms. The number of hydrogen-bond donors (Lipinski definition) is 3. The highest BCUT2D eigenvalue weighted by molar-refractivity contribution is 5.97. The fraction of sp³-hybridized carbons (Fsp3) is 0. The van der Waals surface area contributed by atoms with Crippen molar-refractivity contribution >= 4 is 11.6 Å². The van der Waals surface area contributed by atoms with E-state index in [1.807, 2.05) is 5.21 Å². The number of nitro benzene ring substituents is 1. The van der Waals surface area contributed by atoms with Crippen LogP contribution in [0.1, 0.15) is 10.5 Å². The van der Waals surface area contributed by atoms with Crippen molar-refractivity contribution < 1.29 is 19.2 Å². The molecular formula is C9H6FN5O4. The van der Waals surface area contributed by atoms with Gasteiger partial charge in [0.2, 0.25) is 5.75 Å². The van der Waals surface area contributed by atoms with Gasteiger partial charge in [0.1, 0.15) is 11.5 Å². The first-order valence-electron chi connectivity index (χ1n) is 4.80. The quantitative estimate of drug-likeness (QED) is 0.538. The van der Waals surface area contributed by atoms with Crippen LogP contribution in [0.4, 0.5) is 10.1 Å². The summed E-state index contributed by atoms with van der Waals surface area (Å²) in [4.78, 5) is 20.8. The number of nitro groups is 1. The summed E-state index contributed by atoms with van der Waals surface area (Å²) in [6.45, 7) is 0. The zero-order chi connectivity index (χ0) is 14.2. The Hall–Kier alpha value is -3.04. The van der Waals surface area contributed by atoms with Crippen LogP contribution < -0.4 is 5.73 Å². The van der Waals surface area contributed by atoms with Gasteiger partial charge in [-0.2, -0.15) is 15.4 Å². The molecule has 1 amide bonds. The Morgan fingerprint density at radius 3 is 2.74 bits per heavy atom. The monoisotopic (exact) mass is 267 g/mol. The van der Waals surface area contributed by atoms with Crippen LogP contribution in [-0.2, 0) is 0 Å². The molecule has 0 saturated carbocycles. The molecule has 0 aliphatic rings. The normalized spacial score (nSPS) is 10.4. The predicted molar refractivity (Wildman–Crippen MR) is 58.6 cm³/mol. The molecule has 0 aliphatic heterocycles. The number of carbonyl (C=O) groups is 1. The molecular weight excluding hydrogens is 261 g/mol. The fourth-order valence-electron chi connectivity index (χ4n) is 1.51. The molecule has 1 heterocycles. The number of amides is 1. The number of phenols is 1. The summed E-state index contributed by atoms with van der Waals surface area (Å²) in [5, 5.41) is 29.3. The molecule has 1 aromatic heterocycles. The van der Waals surface area contributed by atoms with Crippen LogP contribution >= 0.6 is 0 Å². The number of carbonyl (C=O) groups excluding carboxylic acids is 1. The number of halogens is 1. The van der Waals surface area contributed by atoms with E-state index in [1.54, 1.807) is 0 Å². The zero-order valence-corrected chi connectivity index (χ0v) is 9.12. The maximum Gasteiger partial charge on any atom is 0.311 e. The van der Waals surface area contributed by atoms with Crippen LogP contribution in [0, 0.1) is 15.9 Å². The highest BCUT2D eigenvalue weighted by Gasteiger charge is 2.27. The third-order valence-electron chi connectivity index (χ3n) is 2.32. The molecule has 0 aliphatic carbocycles. The Bertz CT molecular complexity index is 683. The lowest BCUT2D eigenvalue weighted by Gasteiger charge is -2.04. The lowest BCUT2D eigenvalue weighted by atomic mass is 10.1. The van der Waals surface area contributed by atoms with Crippen molar-refractivity contribution in [3.63, 3.8) is 0 Å². The van der Waals surface area contributed by atoms with E-state index in [1.165, 1.54) is 0 Å². The number of nitrogens with zero attached hydrogens (tertiary/aromatic N) is 3. The average molecular weight is 267 g/mol. The van der Waals surface area contributed by atoms with Crippen molar-refractivity contribution in [3.8, 4) is 17.0 Å². The third-order valence-corrected chi connectivity index (χ3v) is 2.32. The van der Waals surface area contributed by atoms with Gasteiger partial charge in [-0.3, -0.25) is 14.9 Å². The van der Waals surface area contributed by atoms with Gasteiger partial charge in [-0.1, -0.05) is 0 Å². The van der Waals surface area contributed by atoms with E-state index in [4.69, 9.17) is 5.73 Å². The van der Waals surface area contributed by atoms with Gasteiger partial charge in [-0.25, -0.2) is 4.39 Å². The van der Waals surface area contributed by atoms with Gasteiger partial charge in [0.15, 0.2) is 5.69 Å². The second-order valence-electron chi connectivity index (χ2n) is 3.43. The SMILES string of the molecule is NC(=O)c1n[nH]nc1-c1c(F)ccc([N+](=O)[O-])c1O. The number of hydrogen-bond acceptors (Lipinski definition) is 6. The van der Waals surface area contributed by atoms with Gasteiger partial charge in [0.25, 0.3) is 5.91 Å². The second kappa shape index (κ2) is 4.33. The molecule has 10 heteroatoms. The Morgan fingerprint density at radius 2 is 2.16 bits per heavy atom. The summed E-state index contributed by atoms with van der Waals surface area (Å²) in [5.74, 6) is -2.98. The Morgan fingerprint density at radius 1 is 1.47 bits per heavy atom. The number of nitrogens with one attached hydrogen (secondary N) is 1. The smallest absolute Gasteiger partial charge is 0.311 e. The number of primary amides is 1. The van der Waals surface area contributed by atoms with Gasteiger partial charge in [-0.05, 0) is 6.07 Å². The Balaban J connectivity index is 2.75. The maximum absolute atomic E-state index is 13.7. The first-order valence-corrected chi connectivity index (χ1v) is 4.80. The van der Waals surface area contributed by atoms with Crippen LogP contribution in [0.3, 0.4) is 0 Å². The Labute approximate surface area is 104 Å². The average Bonchev–Trinajstić information content (AvgIpc) is 2.77. The van der Waals surface area contributed by atoms with E-state index in [9.17, 15) is 24.4 Å². The molecule has 9 nitrogen and oxygen atoms in total. The van der Waals surface area contributed by atoms with E-state index in [0.29, 0.717) is 0 Å². The molecule has 0 atom stereocenters. The van der Waals surface area contributed by atoms with E-state index < -0.39 is 45.0 Å². The van der Waals surface area contributed by atoms with E-state index in [2.05, 4.69) is 10.2 Å². The topological polar surface area (TPSA) is 148 Å². The van der Waals surface area contributed by atoms with Gasteiger partial charge in [0, 0.05) is 6.07 Å². The Kier molecular flexibility index (Phi) is 2.83. The van der Waals surface area contributed by atoms with Crippen molar-refractivity contribution in [2.24, 2.45) is 5.73 Å². The summed E-state index contributed by atoms with van der Waals surface area (Å²) in [6, 6.07) is 1.56. The van der Waals surface area contributed by atoms with Crippen LogP contribution in [0.5, 0.6) is 5.75 Å². The third kappa shape index (κ3) is 1.94. The number of aromatic nitrogens is 3. The first-order chi connectivity index (χ1) is 8.93. The molecule has 0 saturated heterocycles. The number of rotatable bonds is 3. The van der Waals surface area contributed by atoms with Gasteiger partial charge in [-0.15, -0.1) is 0 Å². The largest absolute Gasteiger partial charge is 0.502 e. The highest BCUT2D eigenvalue weighted by Crippen LogP contribution is 2.38. The lowest BCUT2D eigenvalue weighted by molar-refractivity contribution is -0.385. The van der Waals surface area contributed by atoms with Crippen LogP contribution in [0.25, 0.3) is 11.3 Å². The number of phenolic OH excluding ortho intramolecular Hbond substituents is 1. The molecule has 98 valence electrons. The van der Waals surface area contributed by atoms with E-state index in [-0.39, 0.29) is 0 Å². The minimum Gasteiger partial charge on any atom is -0.502 e. The molecule has 0 radical (unpaired) electrons. The summed E-state index contributed by atoms with van der Waals surface area (Å²) in [6.07, 6.45) is 0. The second-order valence-corrected chi connectivity index (χ2v) is 3.43. The molecule has 0 fully saturated rings. The molecule has 0 unspecified atom stereocenters. The van der Waals surface area contributed by atoms with E-state index in [0.717, 1.165) is 12.1 Å². The first kappa shape index (κ1) is 12.4. The number of H-pyrrole nitrogens is 1. The number of nitrogens with two attached hydrogens (primary N) is 1. The van der Waals surface area contributed by atoms with Crippen LogP contribution in [-0.4, -0.2) is 31.3 Å². The van der Waals surface area contributed by atoms with Crippen molar-refractivity contribution in [2.45, 2.75) is 0 Å². The molecule has 4 N–H and O–H groups in total. The zero-order valence-electron chi connectivity index (χ0n) is 9.12. The minimum absolute atomic E-state index is 0.397. The van der Waals surface area contributed by atoms with Crippen LogP contribution in [0.15, 0.2) is 12.1 Å². The lowest BCUT2D eigenvalue weighted by Crippen LogP contribution is -2.13. The van der Waals surface area contributed by atoms with Crippen molar-refractivity contribution in [2.75, 3.05) is 0 Å².